The number of halogens is 2. The van der Waals surface area contributed by atoms with Crippen molar-refractivity contribution in [3.05, 3.63) is 48.0 Å². The van der Waals surface area contributed by atoms with Gasteiger partial charge in [-0.05, 0) is 31.2 Å². The summed E-state index contributed by atoms with van der Waals surface area (Å²) < 4.78 is 62.2. The molecule has 2 aromatic rings. The van der Waals surface area contributed by atoms with Gasteiger partial charge in [0.2, 0.25) is 22.7 Å². The van der Waals surface area contributed by atoms with Gasteiger partial charge in [-0.3, -0.25) is 9.10 Å². The maximum atomic E-state index is 13.5. The van der Waals surface area contributed by atoms with Crippen molar-refractivity contribution in [1.82, 2.24) is 0 Å². The molecule has 1 aliphatic rings. The fourth-order valence-electron chi connectivity index (χ4n) is 2.65. The lowest BCUT2D eigenvalue weighted by Gasteiger charge is -2.28. The number of carbonyl (C=O) groups excluding carboxylic acids is 1. The zero-order chi connectivity index (χ0) is 19.8. The minimum Gasteiger partial charge on any atom is -0.454 e. The summed E-state index contributed by atoms with van der Waals surface area (Å²) in [6, 6.07) is 6.09. The Morgan fingerprint density at radius 3 is 2.48 bits per heavy atom. The zero-order valence-electron chi connectivity index (χ0n) is 14.4. The Morgan fingerprint density at radius 2 is 1.81 bits per heavy atom. The Hall–Kier alpha value is -2.88. The van der Waals surface area contributed by atoms with Crippen molar-refractivity contribution in [2.75, 3.05) is 22.7 Å². The van der Waals surface area contributed by atoms with E-state index in [4.69, 9.17) is 9.47 Å². The minimum absolute atomic E-state index is 0.0706. The third-order valence-corrected chi connectivity index (χ3v) is 5.13. The number of fused-ring (bicyclic) bond motifs is 1. The van der Waals surface area contributed by atoms with E-state index in [1.807, 2.05) is 0 Å². The lowest BCUT2D eigenvalue weighted by Crippen LogP contribution is -2.45. The second kappa shape index (κ2) is 7.03. The third kappa shape index (κ3) is 3.95. The number of nitrogens with one attached hydrogen (secondary N) is 1. The molecular formula is C17H16F2N2O5S. The minimum atomic E-state index is -3.95. The molecule has 0 saturated carbocycles. The molecule has 0 bridgehead atoms. The van der Waals surface area contributed by atoms with Crippen LogP contribution in [0.4, 0.5) is 20.2 Å². The largest absolute Gasteiger partial charge is 0.454 e. The molecule has 144 valence electrons. The lowest BCUT2D eigenvalue weighted by molar-refractivity contribution is -0.116. The molecule has 7 nitrogen and oxygen atoms in total. The topological polar surface area (TPSA) is 84.9 Å². The normalized spacial score (nSPS) is 13.9. The van der Waals surface area contributed by atoms with E-state index in [0.717, 1.165) is 28.8 Å². The smallest absolute Gasteiger partial charge is 0.247 e. The van der Waals surface area contributed by atoms with E-state index in [9.17, 15) is 22.0 Å². The van der Waals surface area contributed by atoms with Gasteiger partial charge in [0, 0.05) is 17.8 Å². The number of rotatable bonds is 5. The first-order valence-corrected chi connectivity index (χ1v) is 9.66. The van der Waals surface area contributed by atoms with E-state index in [1.165, 1.54) is 13.0 Å². The van der Waals surface area contributed by atoms with Crippen LogP contribution in [-0.2, 0) is 14.8 Å². The molecule has 1 N–H and O–H groups in total. The number of anilines is 2. The first-order valence-electron chi connectivity index (χ1n) is 7.82. The molecule has 0 unspecified atom stereocenters. The van der Waals surface area contributed by atoms with Gasteiger partial charge in [-0.1, -0.05) is 0 Å². The molecule has 0 radical (unpaired) electrons. The number of carbonyl (C=O) groups is 1. The Bertz CT molecular complexity index is 997. The van der Waals surface area contributed by atoms with Crippen LogP contribution in [0.2, 0.25) is 0 Å². The number of nitrogens with zero attached hydrogens (tertiary/aromatic N) is 1. The quantitative estimate of drug-likeness (QED) is 0.837. The van der Waals surface area contributed by atoms with E-state index >= 15 is 0 Å². The first kappa shape index (κ1) is 18.9. The zero-order valence-corrected chi connectivity index (χ0v) is 15.2. The molecule has 27 heavy (non-hydrogen) atoms. The highest BCUT2D eigenvalue weighted by atomic mass is 32.2. The van der Waals surface area contributed by atoms with Gasteiger partial charge in [0.1, 0.15) is 6.04 Å². The highest BCUT2D eigenvalue weighted by molar-refractivity contribution is 7.92. The molecule has 0 aliphatic carbocycles. The molecule has 0 fully saturated rings. The van der Waals surface area contributed by atoms with Crippen molar-refractivity contribution >= 4 is 27.3 Å². The standard InChI is InChI=1S/C17H16F2N2O5S/c1-10(17(22)20-11-3-6-15-16(7-11)26-9-25-15)21(27(2,23)24)12-4-5-13(18)14(19)8-12/h3-8,10H,9H2,1-2H3,(H,20,22)/t10-/m1/s1. The number of hydrogen-bond donors (Lipinski definition) is 1. The molecule has 0 aromatic heterocycles. The summed E-state index contributed by atoms with van der Waals surface area (Å²) in [7, 11) is -3.95. The van der Waals surface area contributed by atoms with E-state index in [-0.39, 0.29) is 12.5 Å². The number of hydrogen-bond acceptors (Lipinski definition) is 5. The van der Waals surface area contributed by atoms with Gasteiger partial charge in [0.05, 0.1) is 11.9 Å². The van der Waals surface area contributed by atoms with E-state index in [2.05, 4.69) is 5.32 Å². The van der Waals surface area contributed by atoms with Crippen LogP contribution in [0.25, 0.3) is 0 Å². The Morgan fingerprint density at radius 1 is 1.11 bits per heavy atom. The highest BCUT2D eigenvalue weighted by Gasteiger charge is 2.30. The van der Waals surface area contributed by atoms with Crippen molar-refractivity contribution in [1.29, 1.82) is 0 Å². The molecular weight excluding hydrogens is 382 g/mol. The molecule has 1 atom stereocenters. The Labute approximate surface area is 154 Å². The molecule has 3 rings (SSSR count). The van der Waals surface area contributed by atoms with Crippen molar-refractivity contribution < 1.29 is 31.5 Å². The van der Waals surface area contributed by atoms with Crippen LogP contribution >= 0.6 is 0 Å². The van der Waals surface area contributed by atoms with Gasteiger partial charge < -0.3 is 14.8 Å². The van der Waals surface area contributed by atoms with Crippen molar-refractivity contribution in [2.45, 2.75) is 13.0 Å². The Kier molecular flexibility index (Phi) is 4.92. The number of benzene rings is 2. The summed E-state index contributed by atoms with van der Waals surface area (Å²) in [5.74, 6) is -2.03. The molecule has 0 saturated heterocycles. The van der Waals surface area contributed by atoms with Gasteiger partial charge in [-0.2, -0.15) is 0 Å². The van der Waals surface area contributed by atoms with Crippen LogP contribution in [0.15, 0.2) is 36.4 Å². The molecule has 1 amide bonds. The average Bonchev–Trinajstić information content (AvgIpc) is 3.04. The second-order valence-electron chi connectivity index (χ2n) is 5.89. The van der Waals surface area contributed by atoms with Gasteiger partial charge in [0.15, 0.2) is 23.1 Å². The summed E-state index contributed by atoms with van der Waals surface area (Å²) >= 11 is 0. The fourth-order valence-corrected chi connectivity index (χ4v) is 3.82. The van der Waals surface area contributed by atoms with Crippen LogP contribution in [-0.4, -0.2) is 33.4 Å². The van der Waals surface area contributed by atoms with Crippen LogP contribution in [0.1, 0.15) is 6.92 Å². The molecule has 10 heteroatoms. The SMILES string of the molecule is C[C@H](C(=O)Nc1ccc2c(c1)OCO2)N(c1ccc(F)c(F)c1)S(C)(=O)=O. The van der Waals surface area contributed by atoms with Crippen LogP contribution in [0.5, 0.6) is 11.5 Å². The number of sulfonamides is 1. The second-order valence-corrected chi connectivity index (χ2v) is 7.75. The van der Waals surface area contributed by atoms with Crippen molar-refractivity contribution in [3.63, 3.8) is 0 Å². The van der Waals surface area contributed by atoms with Crippen molar-refractivity contribution in [2.24, 2.45) is 0 Å². The predicted molar refractivity (Wildman–Crippen MR) is 94.3 cm³/mol. The van der Waals surface area contributed by atoms with E-state index in [0.29, 0.717) is 17.2 Å². The molecule has 0 spiro atoms. The van der Waals surface area contributed by atoms with Crippen LogP contribution in [0, 0.1) is 11.6 Å². The summed E-state index contributed by atoms with van der Waals surface area (Å²) in [4.78, 5) is 12.6. The van der Waals surface area contributed by atoms with E-state index in [1.54, 1.807) is 12.1 Å². The number of ether oxygens (including phenoxy) is 2. The highest BCUT2D eigenvalue weighted by Crippen LogP contribution is 2.34. The van der Waals surface area contributed by atoms with Gasteiger partial charge in [-0.15, -0.1) is 0 Å². The Balaban J connectivity index is 1.86. The summed E-state index contributed by atoms with van der Waals surface area (Å²) in [6.45, 7) is 1.41. The van der Waals surface area contributed by atoms with Gasteiger partial charge in [-0.25, -0.2) is 17.2 Å². The first-order chi connectivity index (χ1) is 12.7. The monoisotopic (exact) mass is 398 g/mol. The van der Waals surface area contributed by atoms with Gasteiger partial charge in [0.25, 0.3) is 0 Å². The molecule has 2 aromatic carbocycles. The fraction of sp³-hybridized carbons (Fsp3) is 0.235. The summed E-state index contributed by atoms with van der Waals surface area (Å²) in [6.07, 6.45) is 0.874. The maximum absolute atomic E-state index is 13.5. The molecule has 1 aliphatic heterocycles. The van der Waals surface area contributed by atoms with Crippen molar-refractivity contribution in [3.8, 4) is 11.5 Å². The lowest BCUT2D eigenvalue weighted by atomic mass is 10.2. The summed E-state index contributed by atoms with van der Waals surface area (Å²) in [5, 5.41) is 2.57. The van der Waals surface area contributed by atoms with Crippen LogP contribution in [0.3, 0.4) is 0 Å². The van der Waals surface area contributed by atoms with E-state index < -0.39 is 33.6 Å². The average molecular weight is 398 g/mol. The number of amides is 1. The predicted octanol–water partition coefficient (Wildman–Crippen LogP) is 2.49. The van der Waals surface area contributed by atoms with Crippen LogP contribution < -0.4 is 19.1 Å². The van der Waals surface area contributed by atoms with Gasteiger partial charge >= 0.3 is 0 Å². The third-order valence-electron chi connectivity index (χ3n) is 3.89. The summed E-state index contributed by atoms with van der Waals surface area (Å²) in [5.41, 5.74) is 0.208. The molecule has 1 heterocycles. The maximum Gasteiger partial charge on any atom is 0.247 e.